The third-order valence-corrected chi connectivity index (χ3v) is 4.40. The molecule has 32 heavy (non-hydrogen) atoms. The SMILES string of the molecule is CC(NC(=O)C(Cc1ccc(OCc2ccccc2)cc1)NC(=O)OC(C)(C)C)C(N)=O. The van der Waals surface area contributed by atoms with Crippen LogP contribution >= 0.6 is 0 Å². The van der Waals surface area contributed by atoms with Gasteiger partial charge in [-0.15, -0.1) is 0 Å². The van der Waals surface area contributed by atoms with Gasteiger partial charge in [0, 0.05) is 6.42 Å². The fourth-order valence-corrected chi connectivity index (χ4v) is 2.74. The van der Waals surface area contributed by atoms with E-state index in [9.17, 15) is 14.4 Å². The van der Waals surface area contributed by atoms with Crippen molar-refractivity contribution in [3.05, 3.63) is 65.7 Å². The summed E-state index contributed by atoms with van der Waals surface area (Å²) in [4.78, 5) is 36.2. The van der Waals surface area contributed by atoms with Gasteiger partial charge in [-0.3, -0.25) is 9.59 Å². The lowest BCUT2D eigenvalue weighted by Crippen LogP contribution is -2.53. The number of ether oxygens (including phenoxy) is 2. The molecule has 0 aliphatic rings. The van der Waals surface area contributed by atoms with E-state index in [1.807, 2.05) is 42.5 Å². The average molecular weight is 442 g/mol. The third-order valence-electron chi connectivity index (χ3n) is 4.40. The quantitative estimate of drug-likeness (QED) is 0.553. The van der Waals surface area contributed by atoms with Gasteiger partial charge in [-0.2, -0.15) is 0 Å². The highest BCUT2D eigenvalue weighted by atomic mass is 16.6. The molecule has 2 atom stereocenters. The van der Waals surface area contributed by atoms with E-state index in [1.54, 1.807) is 32.9 Å². The number of carbonyl (C=O) groups excluding carboxylic acids is 3. The summed E-state index contributed by atoms with van der Waals surface area (Å²) in [6.07, 6.45) is -0.539. The maximum atomic E-state index is 12.7. The van der Waals surface area contributed by atoms with Crippen molar-refractivity contribution in [3.8, 4) is 5.75 Å². The molecule has 0 saturated heterocycles. The van der Waals surface area contributed by atoms with E-state index < -0.39 is 35.6 Å². The molecule has 0 spiro atoms. The first-order chi connectivity index (χ1) is 15.0. The summed E-state index contributed by atoms with van der Waals surface area (Å²) in [5.74, 6) is -0.526. The van der Waals surface area contributed by atoms with Gasteiger partial charge in [0.25, 0.3) is 0 Å². The van der Waals surface area contributed by atoms with Crippen LogP contribution in [0.1, 0.15) is 38.8 Å². The number of hydrogen-bond acceptors (Lipinski definition) is 5. The van der Waals surface area contributed by atoms with Gasteiger partial charge in [0.05, 0.1) is 0 Å². The van der Waals surface area contributed by atoms with Crippen LogP contribution in [0.3, 0.4) is 0 Å². The smallest absolute Gasteiger partial charge is 0.408 e. The molecule has 0 radical (unpaired) electrons. The number of amides is 3. The van der Waals surface area contributed by atoms with Crippen LogP contribution in [-0.2, 0) is 27.4 Å². The number of alkyl carbamates (subject to hydrolysis) is 1. The van der Waals surface area contributed by atoms with Crippen molar-refractivity contribution in [2.45, 2.75) is 58.4 Å². The zero-order valence-corrected chi connectivity index (χ0v) is 18.9. The Bertz CT molecular complexity index is 907. The molecule has 2 aromatic carbocycles. The van der Waals surface area contributed by atoms with Crippen molar-refractivity contribution in [2.24, 2.45) is 5.73 Å². The van der Waals surface area contributed by atoms with E-state index in [-0.39, 0.29) is 6.42 Å². The second-order valence-electron chi connectivity index (χ2n) is 8.45. The van der Waals surface area contributed by atoms with Crippen molar-refractivity contribution in [2.75, 3.05) is 0 Å². The summed E-state index contributed by atoms with van der Waals surface area (Å²) >= 11 is 0. The number of carbonyl (C=O) groups is 3. The van der Waals surface area contributed by atoms with Gasteiger partial charge in [0.2, 0.25) is 11.8 Å². The monoisotopic (exact) mass is 441 g/mol. The lowest BCUT2D eigenvalue weighted by Gasteiger charge is -2.24. The summed E-state index contributed by atoms with van der Waals surface area (Å²) in [5, 5.41) is 5.08. The number of benzene rings is 2. The first-order valence-corrected chi connectivity index (χ1v) is 10.4. The highest BCUT2D eigenvalue weighted by Crippen LogP contribution is 2.16. The Labute approximate surface area is 188 Å². The van der Waals surface area contributed by atoms with Crippen molar-refractivity contribution < 1.29 is 23.9 Å². The molecule has 0 aliphatic carbocycles. The van der Waals surface area contributed by atoms with Crippen LogP contribution in [0.15, 0.2) is 54.6 Å². The second kappa shape index (κ2) is 11.2. The molecule has 0 aromatic heterocycles. The van der Waals surface area contributed by atoms with E-state index in [4.69, 9.17) is 15.2 Å². The van der Waals surface area contributed by atoms with Gasteiger partial charge in [-0.05, 0) is 51.0 Å². The molecule has 2 aromatic rings. The van der Waals surface area contributed by atoms with Crippen LogP contribution in [0.5, 0.6) is 5.75 Å². The summed E-state index contributed by atoms with van der Waals surface area (Å²) in [6, 6.07) is 15.2. The standard InChI is InChI=1S/C24H31N3O5/c1-16(21(25)28)26-22(29)20(27-23(30)32-24(2,3)4)14-17-10-12-19(13-11-17)31-15-18-8-6-5-7-9-18/h5-13,16,20H,14-15H2,1-4H3,(H2,25,28)(H,26,29)(H,27,30). The molecule has 8 nitrogen and oxygen atoms in total. The van der Waals surface area contributed by atoms with Crippen molar-refractivity contribution >= 4 is 17.9 Å². The number of nitrogens with two attached hydrogens (primary N) is 1. The summed E-state index contributed by atoms with van der Waals surface area (Å²) < 4.78 is 11.0. The Morgan fingerprint density at radius 3 is 2.12 bits per heavy atom. The van der Waals surface area contributed by atoms with Crippen LogP contribution in [0, 0.1) is 0 Å². The molecule has 0 aliphatic heterocycles. The fraction of sp³-hybridized carbons (Fsp3) is 0.375. The molecule has 2 rings (SSSR count). The van der Waals surface area contributed by atoms with Crippen LogP contribution in [0.25, 0.3) is 0 Å². The number of hydrogen-bond donors (Lipinski definition) is 3. The molecule has 0 heterocycles. The fourth-order valence-electron chi connectivity index (χ4n) is 2.74. The summed E-state index contributed by atoms with van der Waals surface area (Å²) in [7, 11) is 0. The minimum absolute atomic E-state index is 0.190. The van der Waals surface area contributed by atoms with E-state index in [2.05, 4.69) is 10.6 Å². The number of nitrogens with one attached hydrogen (secondary N) is 2. The Balaban J connectivity index is 2.05. The average Bonchev–Trinajstić information content (AvgIpc) is 2.72. The molecule has 0 bridgehead atoms. The minimum Gasteiger partial charge on any atom is -0.489 e. The van der Waals surface area contributed by atoms with Gasteiger partial charge in [-0.1, -0.05) is 42.5 Å². The maximum absolute atomic E-state index is 12.7. The lowest BCUT2D eigenvalue weighted by molar-refractivity contribution is -0.128. The summed E-state index contributed by atoms with van der Waals surface area (Å²) in [5.41, 5.74) is 6.36. The lowest BCUT2D eigenvalue weighted by atomic mass is 10.0. The molecule has 4 N–H and O–H groups in total. The van der Waals surface area contributed by atoms with Crippen LogP contribution in [0.2, 0.25) is 0 Å². The van der Waals surface area contributed by atoms with Crippen molar-refractivity contribution in [3.63, 3.8) is 0 Å². The predicted molar refractivity (Wildman–Crippen MR) is 121 cm³/mol. The van der Waals surface area contributed by atoms with E-state index in [1.165, 1.54) is 6.92 Å². The van der Waals surface area contributed by atoms with E-state index in [0.29, 0.717) is 12.4 Å². The third kappa shape index (κ3) is 8.67. The zero-order chi connectivity index (χ0) is 23.7. The first kappa shape index (κ1) is 24.7. The van der Waals surface area contributed by atoms with Gasteiger partial charge in [-0.25, -0.2) is 4.79 Å². The Kier molecular flexibility index (Phi) is 8.63. The van der Waals surface area contributed by atoms with Crippen molar-refractivity contribution in [1.82, 2.24) is 10.6 Å². The minimum atomic E-state index is -0.956. The highest BCUT2D eigenvalue weighted by molar-refractivity contribution is 5.90. The molecule has 172 valence electrons. The normalized spacial score (nSPS) is 12.9. The van der Waals surface area contributed by atoms with Gasteiger partial charge >= 0.3 is 6.09 Å². The molecular weight excluding hydrogens is 410 g/mol. The maximum Gasteiger partial charge on any atom is 0.408 e. The molecular formula is C24H31N3O5. The molecule has 3 amide bonds. The van der Waals surface area contributed by atoms with Gasteiger partial charge in [0.15, 0.2) is 0 Å². The highest BCUT2D eigenvalue weighted by Gasteiger charge is 2.26. The first-order valence-electron chi connectivity index (χ1n) is 10.4. The topological polar surface area (TPSA) is 120 Å². The molecule has 0 saturated carbocycles. The van der Waals surface area contributed by atoms with Crippen molar-refractivity contribution in [1.29, 1.82) is 0 Å². The Morgan fingerprint density at radius 1 is 0.938 bits per heavy atom. The molecule has 0 fully saturated rings. The van der Waals surface area contributed by atoms with Gasteiger partial charge < -0.3 is 25.8 Å². The van der Waals surface area contributed by atoms with Gasteiger partial charge in [0.1, 0.15) is 30.0 Å². The Morgan fingerprint density at radius 2 is 1.56 bits per heavy atom. The predicted octanol–water partition coefficient (Wildman–Crippen LogP) is 2.69. The molecule has 2 unspecified atom stereocenters. The number of primary amides is 1. The zero-order valence-electron chi connectivity index (χ0n) is 18.9. The Hall–Kier alpha value is -3.55. The molecule has 8 heteroatoms. The van der Waals surface area contributed by atoms with E-state index in [0.717, 1.165) is 11.1 Å². The largest absolute Gasteiger partial charge is 0.489 e. The van der Waals surface area contributed by atoms with Crippen LogP contribution in [0.4, 0.5) is 4.79 Å². The number of rotatable bonds is 9. The second-order valence-corrected chi connectivity index (χ2v) is 8.45. The summed E-state index contributed by atoms with van der Waals surface area (Å²) in [6.45, 7) is 7.10. The van der Waals surface area contributed by atoms with Crippen LogP contribution in [-0.4, -0.2) is 35.6 Å². The van der Waals surface area contributed by atoms with Crippen LogP contribution < -0.4 is 21.1 Å². The van der Waals surface area contributed by atoms with E-state index >= 15 is 0 Å².